The summed E-state index contributed by atoms with van der Waals surface area (Å²) >= 11 is 0. The van der Waals surface area contributed by atoms with Gasteiger partial charge in [0.15, 0.2) is 0 Å². The van der Waals surface area contributed by atoms with Crippen LogP contribution in [0.5, 0.6) is 0 Å². The molecule has 0 atom stereocenters. The third-order valence-corrected chi connectivity index (χ3v) is 3.16. The van der Waals surface area contributed by atoms with Gasteiger partial charge in [0.2, 0.25) is 0 Å². The van der Waals surface area contributed by atoms with Gasteiger partial charge in [-0.25, -0.2) is 4.39 Å². The monoisotopic (exact) mass is 251 g/mol. The molecule has 0 heterocycles. The van der Waals surface area contributed by atoms with Crippen molar-refractivity contribution in [2.24, 2.45) is 11.3 Å². The first kappa shape index (κ1) is 15.2. The van der Waals surface area contributed by atoms with Crippen LogP contribution in [0.1, 0.15) is 39.7 Å². The molecule has 0 aliphatic heterocycles. The predicted molar refractivity (Wildman–Crippen MR) is 76.2 cm³/mol. The molecule has 0 fully saturated rings. The highest BCUT2D eigenvalue weighted by Gasteiger charge is 2.17. The van der Waals surface area contributed by atoms with Crippen molar-refractivity contribution in [3.63, 3.8) is 0 Å². The number of hydrogen-bond acceptors (Lipinski definition) is 1. The molecule has 0 saturated carbocycles. The van der Waals surface area contributed by atoms with Crippen LogP contribution in [0.15, 0.2) is 24.3 Å². The highest BCUT2D eigenvalue weighted by molar-refractivity contribution is 5.16. The summed E-state index contributed by atoms with van der Waals surface area (Å²) in [5, 5.41) is 3.51. The van der Waals surface area contributed by atoms with E-state index < -0.39 is 0 Å². The maximum atomic E-state index is 12.8. The average Bonchev–Trinajstić information content (AvgIpc) is 2.27. The zero-order valence-electron chi connectivity index (χ0n) is 12.1. The van der Waals surface area contributed by atoms with Crippen molar-refractivity contribution in [1.82, 2.24) is 5.32 Å². The summed E-state index contributed by atoms with van der Waals surface area (Å²) in [7, 11) is 0. The zero-order chi connectivity index (χ0) is 13.6. The molecule has 0 aromatic heterocycles. The first-order valence-corrected chi connectivity index (χ1v) is 6.84. The van der Waals surface area contributed by atoms with E-state index in [-0.39, 0.29) is 11.2 Å². The van der Waals surface area contributed by atoms with Gasteiger partial charge in [-0.15, -0.1) is 0 Å². The molecule has 0 bridgehead atoms. The molecular weight excluding hydrogens is 225 g/mol. The van der Waals surface area contributed by atoms with E-state index in [4.69, 9.17) is 0 Å². The van der Waals surface area contributed by atoms with E-state index >= 15 is 0 Å². The Balaban J connectivity index is 2.34. The summed E-state index contributed by atoms with van der Waals surface area (Å²) in [4.78, 5) is 0. The largest absolute Gasteiger partial charge is 0.316 e. The van der Waals surface area contributed by atoms with Crippen LogP contribution in [0.4, 0.5) is 4.39 Å². The highest BCUT2D eigenvalue weighted by Crippen LogP contribution is 2.22. The molecule has 2 heteroatoms. The second-order valence-electron chi connectivity index (χ2n) is 6.32. The van der Waals surface area contributed by atoms with Gasteiger partial charge >= 0.3 is 0 Å². The standard InChI is InChI=1S/C16H26FN/c1-13(2)11-18-12-16(3,4)10-9-14-5-7-15(17)8-6-14/h5-8,13,18H,9-12H2,1-4H3. The second kappa shape index (κ2) is 6.89. The molecule has 1 aromatic rings. The summed E-state index contributed by atoms with van der Waals surface area (Å²) in [6.45, 7) is 11.1. The van der Waals surface area contributed by atoms with Crippen molar-refractivity contribution in [2.75, 3.05) is 13.1 Å². The van der Waals surface area contributed by atoms with Gasteiger partial charge in [-0.05, 0) is 48.4 Å². The van der Waals surface area contributed by atoms with Crippen LogP contribution in [0.25, 0.3) is 0 Å². The zero-order valence-corrected chi connectivity index (χ0v) is 12.1. The lowest BCUT2D eigenvalue weighted by Gasteiger charge is -2.25. The third-order valence-electron chi connectivity index (χ3n) is 3.16. The fraction of sp³-hybridized carbons (Fsp3) is 0.625. The first-order valence-electron chi connectivity index (χ1n) is 6.84. The highest BCUT2D eigenvalue weighted by atomic mass is 19.1. The fourth-order valence-corrected chi connectivity index (χ4v) is 1.92. The number of rotatable bonds is 7. The van der Waals surface area contributed by atoms with E-state index in [1.807, 2.05) is 12.1 Å². The molecule has 0 saturated heterocycles. The van der Waals surface area contributed by atoms with Gasteiger partial charge in [-0.2, -0.15) is 0 Å². The van der Waals surface area contributed by atoms with Crippen molar-refractivity contribution in [2.45, 2.75) is 40.5 Å². The molecule has 1 rings (SSSR count). The fourth-order valence-electron chi connectivity index (χ4n) is 1.92. The smallest absolute Gasteiger partial charge is 0.123 e. The summed E-state index contributed by atoms with van der Waals surface area (Å²) in [6, 6.07) is 6.85. The van der Waals surface area contributed by atoms with Gasteiger partial charge in [0.1, 0.15) is 5.82 Å². The Kier molecular flexibility index (Phi) is 5.80. The molecule has 1 nitrogen and oxygen atoms in total. The predicted octanol–water partition coefficient (Wildman–Crippen LogP) is 4.03. The minimum absolute atomic E-state index is 0.156. The molecule has 102 valence electrons. The Bertz CT molecular complexity index is 341. The van der Waals surface area contributed by atoms with Crippen LogP contribution in [0.2, 0.25) is 0 Å². The van der Waals surface area contributed by atoms with E-state index in [9.17, 15) is 4.39 Å². The first-order chi connectivity index (χ1) is 8.39. The van der Waals surface area contributed by atoms with E-state index in [1.54, 1.807) is 12.1 Å². The van der Waals surface area contributed by atoms with Crippen LogP contribution in [0, 0.1) is 17.2 Å². The summed E-state index contributed by atoms with van der Waals surface area (Å²) in [6.07, 6.45) is 2.13. The van der Waals surface area contributed by atoms with Gasteiger partial charge < -0.3 is 5.32 Å². The quantitative estimate of drug-likeness (QED) is 0.771. The molecule has 0 amide bonds. The lowest BCUT2D eigenvalue weighted by molar-refractivity contribution is 0.308. The Hall–Kier alpha value is -0.890. The van der Waals surface area contributed by atoms with Crippen LogP contribution in [-0.2, 0) is 6.42 Å². The molecule has 1 N–H and O–H groups in total. The molecule has 0 radical (unpaired) electrons. The van der Waals surface area contributed by atoms with Crippen LogP contribution >= 0.6 is 0 Å². The van der Waals surface area contributed by atoms with Crippen molar-refractivity contribution < 1.29 is 4.39 Å². The maximum Gasteiger partial charge on any atom is 0.123 e. The lowest BCUT2D eigenvalue weighted by atomic mass is 9.86. The van der Waals surface area contributed by atoms with Crippen LogP contribution in [-0.4, -0.2) is 13.1 Å². The number of aryl methyl sites for hydroxylation is 1. The summed E-state index contributed by atoms with van der Waals surface area (Å²) < 4.78 is 12.8. The van der Waals surface area contributed by atoms with Gasteiger partial charge in [-0.1, -0.05) is 39.8 Å². The average molecular weight is 251 g/mol. The molecule has 0 aliphatic rings. The Labute approximate surface area is 111 Å². The third kappa shape index (κ3) is 6.15. The summed E-state index contributed by atoms with van der Waals surface area (Å²) in [5.74, 6) is 0.537. The molecular formula is C16H26FN. The maximum absolute atomic E-state index is 12.8. The normalized spacial score (nSPS) is 12.1. The molecule has 0 spiro atoms. The van der Waals surface area contributed by atoms with E-state index in [2.05, 4.69) is 33.0 Å². The Morgan fingerprint density at radius 1 is 1.17 bits per heavy atom. The number of hydrogen-bond donors (Lipinski definition) is 1. The SMILES string of the molecule is CC(C)CNCC(C)(C)CCc1ccc(F)cc1. The van der Waals surface area contributed by atoms with Crippen LogP contribution in [0.3, 0.4) is 0 Å². The van der Waals surface area contributed by atoms with Gasteiger partial charge in [-0.3, -0.25) is 0 Å². The van der Waals surface area contributed by atoms with Crippen molar-refractivity contribution in [3.05, 3.63) is 35.6 Å². The van der Waals surface area contributed by atoms with Crippen molar-refractivity contribution in [1.29, 1.82) is 0 Å². The minimum atomic E-state index is -0.156. The number of benzene rings is 1. The lowest BCUT2D eigenvalue weighted by Crippen LogP contribution is -2.32. The van der Waals surface area contributed by atoms with E-state index in [1.165, 1.54) is 5.56 Å². The topological polar surface area (TPSA) is 12.0 Å². The second-order valence-corrected chi connectivity index (χ2v) is 6.32. The van der Waals surface area contributed by atoms with Gasteiger partial charge in [0.05, 0.1) is 0 Å². The minimum Gasteiger partial charge on any atom is -0.316 e. The molecule has 18 heavy (non-hydrogen) atoms. The Morgan fingerprint density at radius 2 is 1.78 bits per heavy atom. The summed E-state index contributed by atoms with van der Waals surface area (Å²) in [5.41, 5.74) is 1.50. The Morgan fingerprint density at radius 3 is 2.33 bits per heavy atom. The van der Waals surface area contributed by atoms with Crippen LogP contribution < -0.4 is 5.32 Å². The van der Waals surface area contributed by atoms with Gasteiger partial charge in [0, 0.05) is 6.54 Å². The van der Waals surface area contributed by atoms with E-state index in [0.717, 1.165) is 25.9 Å². The molecule has 0 unspecified atom stereocenters. The van der Waals surface area contributed by atoms with Gasteiger partial charge in [0.25, 0.3) is 0 Å². The number of halogens is 1. The molecule has 0 aliphatic carbocycles. The number of nitrogens with one attached hydrogen (secondary N) is 1. The molecule has 1 aromatic carbocycles. The van der Waals surface area contributed by atoms with Crippen molar-refractivity contribution in [3.8, 4) is 0 Å². The van der Waals surface area contributed by atoms with Crippen molar-refractivity contribution >= 4 is 0 Å². The van der Waals surface area contributed by atoms with E-state index in [0.29, 0.717) is 5.92 Å².